The average molecular weight is 367 g/mol. The van der Waals surface area contributed by atoms with Crippen LogP contribution in [0.3, 0.4) is 0 Å². The molecule has 0 unspecified atom stereocenters. The van der Waals surface area contributed by atoms with Crippen LogP contribution in [0.1, 0.15) is 25.3 Å². The minimum Gasteiger partial charge on any atom is -0.484 e. The van der Waals surface area contributed by atoms with Crippen LogP contribution in [0.15, 0.2) is 18.2 Å². The summed E-state index contributed by atoms with van der Waals surface area (Å²) in [5, 5.41) is 6.09. The van der Waals surface area contributed by atoms with Gasteiger partial charge in [0.25, 0.3) is 0 Å². The van der Waals surface area contributed by atoms with E-state index in [9.17, 15) is 18.0 Å². The molecule has 8 heteroatoms. The zero-order chi connectivity index (χ0) is 17.0. The standard InChI is InChI=1S/C16H21F3N2O2.ClH/c1-10-8-12(6-7-20-10)15(22)21-13-4-3-5-14(11(13)2)23-9-16(17,18)19;/h3-5,10,12,20H,6-9H2,1-2H3,(H,21,22);1H/t10-,12-;/m0./s1. The molecule has 2 rings (SSSR count). The van der Waals surface area contributed by atoms with Gasteiger partial charge in [0.15, 0.2) is 6.61 Å². The number of amides is 1. The zero-order valence-electron chi connectivity index (χ0n) is 13.6. The van der Waals surface area contributed by atoms with Gasteiger partial charge in [0.1, 0.15) is 5.75 Å². The molecule has 1 fully saturated rings. The van der Waals surface area contributed by atoms with E-state index in [1.165, 1.54) is 6.07 Å². The summed E-state index contributed by atoms with van der Waals surface area (Å²) >= 11 is 0. The largest absolute Gasteiger partial charge is 0.484 e. The molecule has 0 aliphatic carbocycles. The highest BCUT2D eigenvalue weighted by atomic mass is 35.5. The molecule has 1 amide bonds. The van der Waals surface area contributed by atoms with E-state index < -0.39 is 12.8 Å². The Labute approximate surface area is 145 Å². The quantitative estimate of drug-likeness (QED) is 0.854. The fraction of sp³-hybridized carbons (Fsp3) is 0.562. The first-order valence-corrected chi connectivity index (χ1v) is 7.59. The Morgan fingerprint density at radius 2 is 2.12 bits per heavy atom. The molecule has 0 spiro atoms. The predicted molar refractivity (Wildman–Crippen MR) is 88.8 cm³/mol. The maximum atomic E-state index is 12.3. The lowest BCUT2D eigenvalue weighted by Gasteiger charge is -2.27. The molecule has 0 radical (unpaired) electrons. The molecule has 1 aliphatic rings. The van der Waals surface area contributed by atoms with Crippen molar-refractivity contribution in [1.82, 2.24) is 5.32 Å². The number of benzene rings is 1. The highest BCUT2D eigenvalue weighted by molar-refractivity contribution is 5.93. The number of hydrogen-bond acceptors (Lipinski definition) is 3. The van der Waals surface area contributed by atoms with Crippen LogP contribution in [0.25, 0.3) is 0 Å². The van der Waals surface area contributed by atoms with E-state index in [1.807, 2.05) is 6.92 Å². The molecule has 1 saturated heterocycles. The van der Waals surface area contributed by atoms with Crippen molar-refractivity contribution < 1.29 is 22.7 Å². The normalized spacial score (nSPS) is 20.9. The summed E-state index contributed by atoms with van der Waals surface area (Å²) in [7, 11) is 0. The van der Waals surface area contributed by atoms with Crippen molar-refractivity contribution in [3.63, 3.8) is 0 Å². The molecule has 136 valence electrons. The molecule has 2 atom stereocenters. The van der Waals surface area contributed by atoms with E-state index in [2.05, 4.69) is 10.6 Å². The van der Waals surface area contributed by atoms with Crippen molar-refractivity contribution in [2.75, 3.05) is 18.5 Å². The Hall–Kier alpha value is -1.47. The summed E-state index contributed by atoms with van der Waals surface area (Å²) < 4.78 is 41.6. The smallest absolute Gasteiger partial charge is 0.422 e. The van der Waals surface area contributed by atoms with Crippen LogP contribution in [0, 0.1) is 12.8 Å². The number of ether oxygens (including phenoxy) is 1. The third-order valence-electron chi connectivity index (χ3n) is 3.93. The maximum absolute atomic E-state index is 12.3. The zero-order valence-corrected chi connectivity index (χ0v) is 14.4. The van der Waals surface area contributed by atoms with Gasteiger partial charge in [-0.3, -0.25) is 4.79 Å². The molecule has 24 heavy (non-hydrogen) atoms. The van der Waals surface area contributed by atoms with E-state index in [4.69, 9.17) is 4.74 Å². The molecule has 1 aromatic rings. The van der Waals surface area contributed by atoms with Gasteiger partial charge in [-0.25, -0.2) is 0 Å². The SMILES string of the molecule is Cc1c(NC(=O)[C@H]2CCN[C@@H](C)C2)cccc1OCC(F)(F)F.Cl. The van der Waals surface area contributed by atoms with E-state index in [-0.39, 0.29) is 36.0 Å². The molecule has 0 aromatic heterocycles. The number of rotatable bonds is 4. The first kappa shape index (κ1) is 20.6. The van der Waals surface area contributed by atoms with E-state index in [0.717, 1.165) is 19.4 Å². The number of nitrogens with one attached hydrogen (secondary N) is 2. The summed E-state index contributed by atoms with van der Waals surface area (Å²) in [6.45, 7) is 3.09. The Morgan fingerprint density at radius 3 is 2.75 bits per heavy atom. The Morgan fingerprint density at radius 1 is 1.42 bits per heavy atom. The van der Waals surface area contributed by atoms with Crippen molar-refractivity contribution in [3.8, 4) is 5.75 Å². The Balaban J connectivity index is 0.00000288. The lowest BCUT2D eigenvalue weighted by atomic mass is 9.92. The van der Waals surface area contributed by atoms with Crippen molar-refractivity contribution in [2.45, 2.75) is 38.9 Å². The second-order valence-corrected chi connectivity index (χ2v) is 5.90. The average Bonchev–Trinajstić information content (AvgIpc) is 2.47. The molecule has 1 heterocycles. The molecule has 1 aromatic carbocycles. The van der Waals surface area contributed by atoms with Gasteiger partial charge in [0.2, 0.25) is 5.91 Å². The van der Waals surface area contributed by atoms with Crippen LogP contribution in [-0.2, 0) is 4.79 Å². The number of hydrogen-bond donors (Lipinski definition) is 2. The Kier molecular flexibility index (Phi) is 7.35. The highest BCUT2D eigenvalue weighted by Gasteiger charge is 2.29. The van der Waals surface area contributed by atoms with Crippen LogP contribution in [0.5, 0.6) is 5.75 Å². The molecule has 0 saturated carbocycles. The van der Waals surface area contributed by atoms with E-state index >= 15 is 0 Å². The Bertz CT molecular complexity index is 567. The lowest BCUT2D eigenvalue weighted by molar-refractivity contribution is -0.153. The number of alkyl halides is 3. The minimum atomic E-state index is -4.39. The van der Waals surface area contributed by atoms with Gasteiger partial charge in [-0.2, -0.15) is 13.2 Å². The predicted octanol–water partition coefficient (Wildman–Crippen LogP) is 3.68. The van der Waals surface area contributed by atoms with Gasteiger partial charge in [-0.1, -0.05) is 6.07 Å². The third-order valence-corrected chi connectivity index (χ3v) is 3.93. The van der Waals surface area contributed by atoms with Crippen molar-refractivity contribution >= 4 is 24.0 Å². The van der Waals surface area contributed by atoms with Crippen LogP contribution in [0.2, 0.25) is 0 Å². The van der Waals surface area contributed by atoms with Gasteiger partial charge in [0, 0.05) is 23.2 Å². The maximum Gasteiger partial charge on any atom is 0.422 e. The third kappa shape index (κ3) is 5.87. The monoisotopic (exact) mass is 366 g/mol. The summed E-state index contributed by atoms with van der Waals surface area (Å²) in [6, 6.07) is 4.98. The number of piperidine rings is 1. The molecule has 0 bridgehead atoms. The van der Waals surface area contributed by atoms with Gasteiger partial charge >= 0.3 is 6.18 Å². The second kappa shape index (κ2) is 8.58. The van der Waals surface area contributed by atoms with Crippen LogP contribution in [0.4, 0.5) is 18.9 Å². The fourth-order valence-corrected chi connectivity index (χ4v) is 2.67. The molecule has 1 aliphatic heterocycles. The summed E-state index contributed by atoms with van der Waals surface area (Å²) in [4.78, 5) is 12.3. The highest BCUT2D eigenvalue weighted by Crippen LogP contribution is 2.28. The number of anilines is 1. The first-order valence-electron chi connectivity index (χ1n) is 7.59. The number of halogens is 4. The summed E-state index contributed by atoms with van der Waals surface area (Å²) in [6.07, 6.45) is -2.90. The van der Waals surface area contributed by atoms with Gasteiger partial charge in [0.05, 0.1) is 0 Å². The molecule has 2 N–H and O–H groups in total. The van der Waals surface area contributed by atoms with Crippen molar-refractivity contribution in [3.05, 3.63) is 23.8 Å². The second-order valence-electron chi connectivity index (χ2n) is 5.90. The first-order chi connectivity index (χ1) is 10.8. The number of carbonyl (C=O) groups excluding carboxylic acids is 1. The van der Waals surface area contributed by atoms with E-state index in [0.29, 0.717) is 11.3 Å². The van der Waals surface area contributed by atoms with Crippen molar-refractivity contribution in [2.24, 2.45) is 5.92 Å². The topological polar surface area (TPSA) is 50.4 Å². The molecular weight excluding hydrogens is 345 g/mol. The lowest BCUT2D eigenvalue weighted by Crippen LogP contribution is -2.40. The summed E-state index contributed by atoms with van der Waals surface area (Å²) in [5.41, 5.74) is 0.980. The van der Waals surface area contributed by atoms with E-state index in [1.54, 1.807) is 19.1 Å². The van der Waals surface area contributed by atoms with Gasteiger partial charge in [-0.15, -0.1) is 12.4 Å². The van der Waals surface area contributed by atoms with Gasteiger partial charge in [-0.05, 0) is 45.4 Å². The van der Waals surface area contributed by atoms with Crippen LogP contribution in [-0.4, -0.2) is 31.3 Å². The minimum absolute atomic E-state index is 0. The molecular formula is C16H22ClF3N2O2. The van der Waals surface area contributed by atoms with Crippen LogP contribution >= 0.6 is 12.4 Å². The van der Waals surface area contributed by atoms with Crippen molar-refractivity contribution in [1.29, 1.82) is 0 Å². The summed E-state index contributed by atoms with van der Waals surface area (Å²) in [5.74, 6) is -0.0707. The molecule has 4 nitrogen and oxygen atoms in total. The fourth-order valence-electron chi connectivity index (χ4n) is 2.67. The van der Waals surface area contributed by atoms with Gasteiger partial charge < -0.3 is 15.4 Å². The van der Waals surface area contributed by atoms with Crippen LogP contribution < -0.4 is 15.4 Å². The number of carbonyl (C=O) groups is 1.